The van der Waals surface area contributed by atoms with Crippen molar-refractivity contribution in [2.75, 3.05) is 66.0 Å². The Balaban J connectivity index is 0.807. The number of hydrogen-bond acceptors (Lipinski definition) is 9. The topological polar surface area (TPSA) is 145 Å². The average molecular weight is 772 g/mol. The van der Waals surface area contributed by atoms with E-state index in [2.05, 4.69) is 57.6 Å². The fourth-order valence-electron chi connectivity index (χ4n) is 11.0. The number of nitrogens with two attached hydrogens (primary N) is 1. The summed E-state index contributed by atoms with van der Waals surface area (Å²) in [6.07, 6.45) is 13.2. The lowest BCUT2D eigenvalue weighted by molar-refractivity contribution is -0.149. The van der Waals surface area contributed by atoms with Gasteiger partial charge in [0.15, 0.2) is 0 Å². The highest BCUT2D eigenvalue weighted by Crippen LogP contribution is 2.60. The van der Waals surface area contributed by atoms with Gasteiger partial charge >= 0.3 is 0 Å². The van der Waals surface area contributed by atoms with E-state index in [1.165, 1.54) is 64.7 Å². The number of rotatable bonds is 10. The van der Waals surface area contributed by atoms with Crippen molar-refractivity contribution < 1.29 is 14.7 Å². The highest BCUT2D eigenvalue weighted by atomic mass is 16.3. The molecule has 0 aromatic heterocycles. The van der Waals surface area contributed by atoms with Crippen LogP contribution in [0.1, 0.15) is 97.5 Å². The molecule has 6 fully saturated rings. The highest BCUT2D eigenvalue weighted by Gasteiger charge is 2.56. The van der Waals surface area contributed by atoms with Crippen molar-refractivity contribution in [1.82, 2.24) is 29.8 Å². The number of nitrogens with one attached hydrogen (secondary N) is 2. The molecule has 2 saturated carbocycles. The summed E-state index contributed by atoms with van der Waals surface area (Å²) in [5.74, 6) is 0.729. The second kappa shape index (κ2) is 16.8. The van der Waals surface area contributed by atoms with Crippen LogP contribution < -0.4 is 11.1 Å². The molecule has 7 rings (SSSR count). The third kappa shape index (κ3) is 8.67. The second-order valence-electron chi connectivity index (χ2n) is 19.1. The molecular formula is C44H69N9O3. The molecule has 4 saturated heterocycles. The fourth-order valence-corrected chi connectivity index (χ4v) is 11.0. The molecule has 4 aliphatic heterocycles. The summed E-state index contributed by atoms with van der Waals surface area (Å²) in [4.78, 5) is 43.5. The van der Waals surface area contributed by atoms with Gasteiger partial charge in [-0.1, -0.05) is 32.9 Å². The number of phenolic OH excluding ortho intramolecular Hbond substituents is 1. The molecule has 1 spiro atoms. The summed E-state index contributed by atoms with van der Waals surface area (Å²) in [5.41, 5.74) is 7.82. The van der Waals surface area contributed by atoms with Crippen molar-refractivity contribution in [3.63, 3.8) is 0 Å². The maximum Gasteiger partial charge on any atom is 0.245 e. The number of allylic oxidation sites excluding steroid dienone is 1. The third-order valence-corrected chi connectivity index (χ3v) is 14.5. The van der Waals surface area contributed by atoms with E-state index in [-0.39, 0.29) is 40.7 Å². The minimum Gasteiger partial charge on any atom is -0.507 e. The van der Waals surface area contributed by atoms with Crippen LogP contribution in [0.15, 0.2) is 41.0 Å². The first kappa shape index (κ1) is 40.7. The van der Waals surface area contributed by atoms with Gasteiger partial charge in [0.2, 0.25) is 11.8 Å². The van der Waals surface area contributed by atoms with E-state index in [0.717, 1.165) is 64.1 Å². The Morgan fingerprint density at radius 1 is 0.875 bits per heavy atom. The molecular weight excluding hydrogens is 703 g/mol. The Bertz CT molecular complexity index is 1630. The number of piperidine rings is 2. The zero-order valence-electron chi connectivity index (χ0n) is 34.8. The van der Waals surface area contributed by atoms with Crippen molar-refractivity contribution in [1.29, 1.82) is 5.41 Å². The Hall–Kier alpha value is -3.48. The van der Waals surface area contributed by atoms with E-state index in [4.69, 9.17) is 11.1 Å². The lowest BCUT2D eigenvalue weighted by Crippen LogP contribution is -2.62. The zero-order valence-corrected chi connectivity index (χ0v) is 34.8. The van der Waals surface area contributed by atoms with Gasteiger partial charge in [-0.25, -0.2) is 0 Å². The summed E-state index contributed by atoms with van der Waals surface area (Å²) < 4.78 is 0. The van der Waals surface area contributed by atoms with Crippen LogP contribution >= 0.6 is 0 Å². The number of benzene rings is 1. The summed E-state index contributed by atoms with van der Waals surface area (Å²) in [6, 6.07) is 8.67. The zero-order chi connectivity index (χ0) is 39.8. The number of nitrogens with zero attached hydrogens (tertiary/aromatic N) is 6. The predicted octanol–water partition coefficient (Wildman–Crippen LogP) is 4.28. The first-order valence-electron chi connectivity index (χ1n) is 21.6. The minimum atomic E-state index is -0.465. The van der Waals surface area contributed by atoms with Crippen LogP contribution in [0.2, 0.25) is 0 Å². The molecule has 56 heavy (non-hydrogen) atoms. The molecule has 0 bridgehead atoms. The monoisotopic (exact) mass is 772 g/mol. The summed E-state index contributed by atoms with van der Waals surface area (Å²) in [5, 5.41) is 22.1. The van der Waals surface area contributed by atoms with Crippen LogP contribution in [0, 0.1) is 22.2 Å². The van der Waals surface area contributed by atoms with Crippen LogP contribution in [0.3, 0.4) is 0 Å². The summed E-state index contributed by atoms with van der Waals surface area (Å²) in [6.45, 7) is 17.4. The Morgan fingerprint density at radius 2 is 1.45 bits per heavy atom. The van der Waals surface area contributed by atoms with E-state index >= 15 is 0 Å². The van der Waals surface area contributed by atoms with E-state index in [1.807, 2.05) is 11.0 Å². The number of carbonyl (C=O) groups excluding carboxylic acids is 2. The molecule has 2 atom stereocenters. The van der Waals surface area contributed by atoms with Crippen molar-refractivity contribution >= 4 is 23.4 Å². The quantitative estimate of drug-likeness (QED) is 0.204. The van der Waals surface area contributed by atoms with Gasteiger partial charge in [0, 0.05) is 75.4 Å². The molecule has 2 amide bonds. The van der Waals surface area contributed by atoms with Crippen molar-refractivity contribution in [2.24, 2.45) is 27.5 Å². The third-order valence-electron chi connectivity index (χ3n) is 14.5. The number of hydrogen-bond donors (Lipinski definition) is 4. The van der Waals surface area contributed by atoms with E-state index in [0.29, 0.717) is 34.9 Å². The van der Waals surface area contributed by atoms with Gasteiger partial charge in [0.1, 0.15) is 17.6 Å². The standard InChI is InChI=1S/C44H69N9O3/c1-30-9-8-16-53(30)42(56)39(43(2,3)4)48-41(55)31-26-44(27-31)28-34(29-44)50-19-14-32(15-20-50)49-17-12-33(13-18-49)51-21-23-52(24-22-51)37(40(46)47-5)25-36(45)35-10-6-7-11-38(35)54/h6-7,10-11,25,30-34,39,45,54H,8-9,12-24,26-29H2,1-5H3,(H2,46,47)(H,48,55)/b37-25+,45-36?. The van der Waals surface area contributed by atoms with Gasteiger partial charge in [-0.3, -0.25) is 19.5 Å². The number of carbonyl (C=O) groups is 2. The number of likely N-dealkylation sites (tertiary alicyclic amines) is 3. The summed E-state index contributed by atoms with van der Waals surface area (Å²) >= 11 is 0. The van der Waals surface area contributed by atoms with E-state index in [9.17, 15) is 14.7 Å². The molecule has 6 aliphatic rings. The number of amidine groups is 1. The number of para-hydroxylation sites is 1. The molecule has 1 aromatic rings. The first-order valence-corrected chi connectivity index (χ1v) is 21.6. The first-order chi connectivity index (χ1) is 26.7. The lowest BCUT2D eigenvalue weighted by atomic mass is 9.49. The van der Waals surface area contributed by atoms with E-state index in [1.54, 1.807) is 31.3 Å². The maximum atomic E-state index is 13.5. The molecule has 2 unspecified atom stereocenters. The Labute approximate surface area is 335 Å². The second-order valence-corrected chi connectivity index (χ2v) is 19.1. The van der Waals surface area contributed by atoms with Crippen LogP contribution in [0.25, 0.3) is 0 Å². The van der Waals surface area contributed by atoms with Crippen molar-refractivity contribution in [3.05, 3.63) is 41.6 Å². The predicted molar refractivity (Wildman–Crippen MR) is 223 cm³/mol. The van der Waals surface area contributed by atoms with Crippen molar-refractivity contribution in [2.45, 2.75) is 122 Å². The number of aliphatic imine (C=N–C) groups is 1. The number of amides is 2. The Kier molecular flexibility index (Phi) is 12.2. The van der Waals surface area contributed by atoms with Gasteiger partial charge in [-0.15, -0.1) is 0 Å². The molecule has 5 N–H and O–H groups in total. The molecule has 0 radical (unpaired) electrons. The Morgan fingerprint density at radius 3 is 1.98 bits per heavy atom. The fraction of sp³-hybridized carbons (Fsp3) is 0.727. The molecule has 12 nitrogen and oxygen atoms in total. The van der Waals surface area contributed by atoms with Crippen LogP contribution in [-0.2, 0) is 9.59 Å². The number of phenols is 1. The number of piperazine rings is 1. The summed E-state index contributed by atoms with van der Waals surface area (Å²) in [7, 11) is 1.68. The number of aromatic hydroxyl groups is 1. The van der Waals surface area contributed by atoms with Crippen LogP contribution in [-0.4, -0.2) is 149 Å². The molecule has 4 heterocycles. The van der Waals surface area contributed by atoms with Gasteiger partial charge in [-0.2, -0.15) is 0 Å². The lowest BCUT2D eigenvalue weighted by Gasteiger charge is -2.60. The largest absolute Gasteiger partial charge is 0.507 e. The van der Waals surface area contributed by atoms with Gasteiger partial charge in [0.25, 0.3) is 0 Å². The normalized spacial score (nSPS) is 29.9. The average Bonchev–Trinajstić information content (AvgIpc) is 3.60. The smallest absolute Gasteiger partial charge is 0.245 e. The molecule has 12 heteroatoms. The van der Waals surface area contributed by atoms with Crippen LogP contribution in [0.5, 0.6) is 5.75 Å². The van der Waals surface area contributed by atoms with Crippen molar-refractivity contribution in [3.8, 4) is 5.75 Å². The van der Waals surface area contributed by atoms with Gasteiger partial charge < -0.3 is 41.2 Å². The van der Waals surface area contributed by atoms with E-state index < -0.39 is 6.04 Å². The maximum absolute atomic E-state index is 13.5. The van der Waals surface area contributed by atoms with Gasteiger partial charge in [0.05, 0.1) is 11.4 Å². The molecule has 308 valence electrons. The highest BCUT2D eigenvalue weighted by molar-refractivity contribution is 6.12. The SMILES string of the molecule is CN=C(N)/C(=C\C(=N)c1ccccc1O)N1CCN(C2CCN(C3CCN(C4CC5(CC(C(=O)NC(C(=O)N6CCCC6C)C(C)(C)C)C5)C4)CC3)CC2)CC1. The van der Waals surface area contributed by atoms with Crippen LogP contribution in [0.4, 0.5) is 0 Å². The minimum absolute atomic E-state index is 0.0440. The molecule has 1 aromatic carbocycles. The molecule has 2 aliphatic carbocycles. The van der Waals surface area contributed by atoms with Gasteiger partial charge in [-0.05, 0) is 126 Å².